The molecule has 3 rings (SSSR count). The minimum Gasteiger partial charge on any atom is -0.346 e. The minimum atomic E-state index is -3.67. The van der Waals surface area contributed by atoms with Crippen LogP contribution in [0.25, 0.3) is 0 Å². The van der Waals surface area contributed by atoms with Crippen LogP contribution < -0.4 is 10.6 Å². The van der Waals surface area contributed by atoms with Crippen LogP contribution >= 0.6 is 34.0 Å². The van der Waals surface area contributed by atoms with E-state index in [-0.39, 0.29) is 17.3 Å². The third-order valence-electron chi connectivity index (χ3n) is 3.67. The van der Waals surface area contributed by atoms with Gasteiger partial charge in [-0.1, -0.05) is 18.2 Å². The molecule has 0 aliphatic carbocycles. The Morgan fingerprint density at radius 1 is 0.889 bits per heavy atom. The van der Waals surface area contributed by atoms with E-state index in [1.807, 2.05) is 17.5 Å². The van der Waals surface area contributed by atoms with Gasteiger partial charge in [0.1, 0.15) is 9.46 Å². The van der Waals surface area contributed by atoms with Crippen molar-refractivity contribution in [2.24, 2.45) is 0 Å². The molecule has 3 heterocycles. The SMILES string of the molecule is O=C(NCc1cccs1)C(=O)NC[C@@H](c1cccs1)S(=O)(=O)c1cccs1. The Morgan fingerprint density at radius 2 is 1.56 bits per heavy atom. The van der Waals surface area contributed by atoms with Crippen molar-refractivity contribution < 1.29 is 18.0 Å². The molecule has 0 unspecified atom stereocenters. The van der Waals surface area contributed by atoms with Gasteiger partial charge in [0, 0.05) is 16.3 Å². The van der Waals surface area contributed by atoms with Crippen molar-refractivity contribution in [1.82, 2.24) is 10.6 Å². The lowest BCUT2D eigenvalue weighted by atomic mass is 10.3. The van der Waals surface area contributed by atoms with Crippen LogP contribution in [0.1, 0.15) is 15.0 Å². The zero-order valence-corrected chi connectivity index (χ0v) is 17.2. The summed E-state index contributed by atoms with van der Waals surface area (Å²) in [4.78, 5) is 25.6. The first kappa shape index (κ1) is 19.7. The van der Waals surface area contributed by atoms with Crippen molar-refractivity contribution in [3.63, 3.8) is 0 Å². The van der Waals surface area contributed by atoms with Crippen LogP contribution in [0.2, 0.25) is 0 Å². The quantitative estimate of drug-likeness (QED) is 0.553. The van der Waals surface area contributed by atoms with Crippen LogP contribution in [0, 0.1) is 0 Å². The second-order valence-corrected chi connectivity index (χ2v) is 10.8. The van der Waals surface area contributed by atoms with Crippen LogP contribution in [0.5, 0.6) is 0 Å². The van der Waals surface area contributed by atoms with Crippen molar-refractivity contribution in [3.05, 3.63) is 62.3 Å². The molecule has 0 aromatic carbocycles. The molecule has 142 valence electrons. The first-order chi connectivity index (χ1) is 13.0. The fourth-order valence-corrected chi connectivity index (χ4v) is 6.96. The zero-order valence-electron chi connectivity index (χ0n) is 14.0. The van der Waals surface area contributed by atoms with Crippen LogP contribution in [0.3, 0.4) is 0 Å². The summed E-state index contributed by atoms with van der Waals surface area (Å²) in [7, 11) is -3.67. The predicted molar refractivity (Wildman–Crippen MR) is 108 cm³/mol. The Labute approximate surface area is 168 Å². The van der Waals surface area contributed by atoms with Gasteiger partial charge in [-0.05, 0) is 34.3 Å². The number of hydrogen-bond donors (Lipinski definition) is 2. The molecule has 6 nitrogen and oxygen atoms in total. The van der Waals surface area contributed by atoms with E-state index in [1.165, 1.54) is 28.7 Å². The van der Waals surface area contributed by atoms with Gasteiger partial charge in [0.05, 0.1) is 6.54 Å². The highest BCUT2D eigenvalue weighted by molar-refractivity contribution is 7.93. The molecule has 0 spiro atoms. The van der Waals surface area contributed by atoms with E-state index < -0.39 is 26.9 Å². The summed E-state index contributed by atoms with van der Waals surface area (Å²) in [5.41, 5.74) is 0. The Hall–Kier alpha value is -2.01. The highest BCUT2D eigenvalue weighted by Crippen LogP contribution is 2.33. The summed E-state index contributed by atoms with van der Waals surface area (Å²) < 4.78 is 26.1. The van der Waals surface area contributed by atoms with E-state index in [9.17, 15) is 18.0 Å². The first-order valence-corrected chi connectivity index (χ1v) is 12.1. The van der Waals surface area contributed by atoms with Crippen molar-refractivity contribution in [2.75, 3.05) is 6.54 Å². The van der Waals surface area contributed by atoms with E-state index in [0.717, 1.165) is 16.2 Å². The highest BCUT2D eigenvalue weighted by Gasteiger charge is 2.31. The van der Waals surface area contributed by atoms with Gasteiger partial charge < -0.3 is 10.6 Å². The third kappa shape index (κ3) is 4.83. The average Bonchev–Trinajstić information content (AvgIpc) is 3.42. The molecule has 3 aromatic rings. The number of amides is 2. The maximum atomic E-state index is 12.9. The molecule has 0 saturated carbocycles. The number of carbonyl (C=O) groups excluding carboxylic acids is 2. The number of sulfone groups is 1. The van der Waals surface area contributed by atoms with Gasteiger partial charge in [-0.2, -0.15) is 0 Å². The second kappa shape index (κ2) is 8.79. The number of thiophene rings is 3. The van der Waals surface area contributed by atoms with Crippen molar-refractivity contribution in [3.8, 4) is 0 Å². The molecule has 10 heteroatoms. The smallest absolute Gasteiger partial charge is 0.309 e. The molecule has 0 bridgehead atoms. The molecular formula is C17H16N2O4S4. The lowest BCUT2D eigenvalue weighted by molar-refractivity contribution is -0.139. The monoisotopic (exact) mass is 440 g/mol. The van der Waals surface area contributed by atoms with Crippen molar-refractivity contribution in [2.45, 2.75) is 16.0 Å². The number of rotatable bonds is 7. The largest absolute Gasteiger partial charge is 0.346 e. The van der Waals surface area contributed by atoms with Gasteiger partial charge in [-0.25, -0.2) is 8.42 Å². The maximum Gasteiger partial charge on any atom is 0.309 e. The van der Waals surface area contributed by atoms with E-state index in [4.69, 9.17) is 0 Å². The van der Waals surface area contributed by atoms with Gasteiger partial charge >= 0.3 is 11.8 Å². The third-order valence-corrected chi connectivity index (χ3v) is 9.19. The fourth-order valence-electron chi connectivity index (χ4n) is 2.33. The summed E-state index contributed by atoms with van der Waals surface area (Å²) in [5, 5.41) is 9.38. The predicted octanol–water partition coefficient (Wildman–Crippen LogP) is 2.82. The number of nitrogens with one attached hydrogen (secondary N) is 2. The van der Waals surface area contributed by atoms with Crippen LogP contribution in [0.15, 0.2) is 56.7 Å². The molecule has 0 saturated heterocycles. The molecule has 2 N–H and O–H groups in total. The summed E-state index contributed by atoms with van der Waals surface area (Å²) in [6, 6.07) is 10.4. The molecule has 0 aliphatic rings. The van der Waals surface area contributed by atoms with Crippen molar-refractivity contribution >= 4 is 55.7 Å². The lowest BCUT2D eigenvalue weighted by Crippen LogP contribution is -2.41. The molecule has 1 atom stereocenters. The van der Waals surface area contributed by atoms with Gasteiger partial charge in [-0.3, -0.25) is 9.59 Å². The normalized spacial score (nSPS) is 12.4. The summed E-state index contributed by atoms with van der Waals surface area (Å²) in [6.45, 7) is 0.0811. The molecular weight excluding hydrogens is 424 g/mol. The molecule has 27 heavy (non-hydrogen) atoms. The molecule has 0 fully saturated rings. The second-order valence-electron chi connectivity index (χ2n) is 5.45. The lowest BCUT2D eigenvalue weighted by Gasteiger charge is -2.16. The van der Waals surface area contributed by atoms with Crippen LogP contribution in [-0.4, -0.2) is 26.8 Å². The average molecular weight is 441 g/mol. The van der Waals surface area contributed by atoms with E-state index in [2.05, 4.69) is 10.6 Å². The van der Waals surface area contributed by atoms with E-state index in [1.54, 1.807) is 29.0 Å². The fraction of sp³-hybridized carbons (Fsp3) is 0.176. The van der Waals surface area contributed by atoms with Crippen molar-refractivity contribution in [1.29, 1.82) is 0 Å². The Bertz CT molecular complexity index is 978. The Kier molecular flexibility index (Phi) is 6.42. The maximum absolute atomic E-state index is 12.9. The number of carbonyl (C=O) groups is 2. The van der Waals surface area contributed by atoms with Gasteiger partial charge in [0.2, 0.25) is 0 Å². The zero-order chi connectivity index (χ0) is 19.3. The summed E-state index contributed by atoms with van der Waals surface area (Å²) >= 11 is 3.90. The van der Waals surface area contributed by atoms with Crippen LogP contribution in [-0.2, 0) is 26.0 Å². The summed E-state index contributed by atoms with van der Waals surface area (Å²) in [5.74, 6) is -1.64. The standard InChI is InChI=1S/C17H16N2O4S4/c20-16(18-10-12-4-1-7-24-12)17(21)19-11-14(13-5-2-8-25-13)27(22,23)15-6-3-9-26-15/h1-9,14H,10-11H2,(H,18,20)(H,19,21)/t14-/m0/s1. The molecule has 0 radical (unpaired) electrons. The Balaban J connectivity index is 1.66. The van der Waals surface area contributed by atoms with E-state index >= 15 is 0 Å². The molecule has 2 amide bonds. The van der Waals surface area contributed by atoms with Gasteiger partial charge in [0.15, 0.2) is 9.84 Å². The van der Waals surface area contributed by atoms with E-state index in [0.29, 0.717) is 4.88 Å². The van der Waals surface area contributed by atoms with Gasteiger partial charge in [-0.15, -0.1) is 34.0 Å². The van der Waals surface area contributed by atoms with Crippen LogP contribution in [0.4, 0.5) is 0 Å². The topological polar surface area (TPSA) is 92.3 Å². The number of hydrogen-bond acceptors (Lipinski definition) is 7. The van der Waals surface area contributed by atoms with Gasteiger partial charge in [0.25, 0.3) is 0 Å². The molecule has 3 aromatic heterocycles. The highest BCUT2D eigenvalue weighted by atomic mass is 32.2. The molecule has 0 aliphatic heterocycles. The first-order valence-electron chi connectivity index (χ1n) is 7.87. The summed E-state index contributed by atoms with van der Waals surface area (Å²) in [6.07, 6.45) is 0. The minimum absolute atomic E-state index is 0.175. The Morgan fingerprint density at radius 3 is 2.19 bits per heavy atom.